The summed E-state index contributed by atoms with van der Waals surface area (Å²) in [5, 5.41) is 10.8. The van der Waals surface area contributed by atoms with E-state index >= 15 is 0 Å². The van der Waals surface area contributed by atoms with Crippen LogP contribution in [0.2, 0.25) is 0 Å². The van der Waals surface area contributed by atoms with Crippen LogP contribution in [-0.4, -0.2) is 10.7 Å². The maximum atomic E-state index is 9.69. The van der Waals surface area contributed by atoms with Crippen molar-refractivity contribution in [3.05, 3.63) is 35.6 Å². The zero-order chi connectivity index (χ0) is 11.1. The van der Waals surface area contributed by atoms with E-state index in [1.54, 1.807) is 13.8 Å². The van der Waals surface area contributed by atoms with Crippen molar-refractivity contribution < 1.29 is 9.52 Å². The van der Waals surface area contributed by atoms with Crippen LogP contribution in [0.3, 0.4) is 0 Å². The average molecular weight is 204 g/mol. The minimum atomic E-state index is -0.719. The first-order valence-electron chi connectivity index (χ1n) is 5.15. The SMILES string of the molecule is Cc1ccc2cc(CC(C)(C)O)oc2c1. The molecule has 0 atom stereocenters. The summed E-state index contributed by atoms with van der Waals surface area (Å²) >= 11 is 0. The van der Waals surface area contributed by atoms with Crippen molar-refractivity contribution in [2.45, 2.75) is 32.8 Å². The molecular weight excluding hydrogens is 188 g/mol. The predicted octanol–water partition coefficient (Wildman–Crippen LogP) is 3.05. The van der Waals surface area contributed by atoms with E-state index in [9.17, 15) is 5.11 Å². The third kappa shape index (κ3) is 2.39. The molecule has 1 aromatic heterocycles. The summed E-state index contributed by atoms with van der Waals surface area (Å²) in [6, 6.07) is 8.11. The molecule has 15 heavy (non-hydrogen) atoms. The first kappa shape index (κ1) is 10.2. The number of furan rings is 1. The number of aliphatic hydroxyl groups is 1. The minimum absolute atomic E-state index is 0.542. The Kier molecular flexibility index (Phi) is 2.31. The predicted molar refractivity (Wildman–Crippen MR) is 61.0 cm³/mol. The fourth-order valence-corrected chi connectivity index (χ4v) is 1.71. The highest BCUT2D eigenvalue weighted by atomic mass is 16.3. The van der Waals surface area contributed by atoms with Crippen molar-refractivity contribution in [1.82, 2.24) is 0 Å². The van der Waals surface area contributed by atoms with Crippen molar-refractivity contribution in [2.24, 2.45) is 0 Å². The lowest BCUT2D eigenvalue weighted by atomic mass is 10.0. The Morgan fingerprint density at radius 2 is 2.00 bits per heavy atom. The number of aryl methyl sites for hydroxylation is 1. The van der Waals surface area contributed by atoms with Crippen LogP contribution in [0.15, 0.2) is 28.7 Å². The van der Waals surface area contributed by atoms with Gasteiger partial charge in [-0.3, -0.25) is 0 Å². The summed E-state index contributed by atoms with van der Waals surface area (Å²) in [5.74, 6) is 0.836. The molecule has 0 saturated heterocycles. The van der Waals surface area contributed by atoms with Crippen LogP contribution in [0.4, 0.5) is 0 Å². The fraction of sp³-hybridized carbons (Fsp3) is 0.385. The first-order chi connectivity index (χ1) is 6.94. The summed E-state index contributed by atoms with van der Waals surface area (Å²) in [6.45, 7) is 5.61. The minimum Gasteiger partial charge on any atom is -0.461 e. The van der Waals surface area contributed by atoms with Crippen LogP contribution in [0.1, 0.15) is 25.2 Å². The molecule has 1 aromatic carbocycles. The van der Waals surface area contributed by atoms with E-state index in [-0.39, 0.29) is 0 Å². The van der Waals surface area contributed by atoms with Gasteiger partial charge < -0.3 is 9.52 Å². The molecule has 0 bridgehead atoms. The molecule has 0 unspecified atom stereocenters. The quantitative estimate of drug-likeness (QED) is 0.815. The number of hydrogen-bond donors (Lipinski definition) is 1. The zero-order valence-corrected chi connectivity index (χ0v) is 9.37. The van der Waals surface area contributed by atoms with Gasteiger partial charge in [0.05, 0.1) is 5.60 Å². The van der Waals surface area contributed by atoms with Gasteiger partial charge in [0.15, 0.2) is 0 Å². The molecule has 2 heteroatoms. The number of benzene rings is 1. The lowest BCUT2D eigenvalue weighted by Gasteiger charge is -2.14. The summed E-state index contributed by atoms with van der Waals surface area (Å²) in [6.07, 6.45) is 0.542. The zero-order valence-electron chi connectivity index (χ0n) is 9.37. The van der Waals surface area contributed by atoms with Gasteiger partial charge in [-0.1, -0.05) is 12.1 Å². The van der Waals surface area contributed by atoms with E-state index in [4.69, 9.17) is 4.42 Å². The van der Waals surface area contributed by atoms with Crippen molar-refractivity contribution in [1.29, 1.82) is 0 Å². The Balaban J connectivity index is 2.39. The molecular formula is C13H16O2. The smallest absolute Gasteiger partial charge is 0.134 e. The molecule has 0 aliphatic carbocycles. The monoisotopic (exact) mass is 204 g/mol. The fourth-order valence-electron chi connectivity index (χ4n) is 1.71. The molecule has 2 aromatic rings. The summed E-state index contributed by atoms with van der Waals surface area (Å²) in [5.41, 5.74) is 1.36. The molecule has 0 saturated carbocycles. The van der Waals surface area contributed by atoms with Crippen LogP contribution < -0.4 is 0 Å². The summed E-state index contributed by atoms with van der Waals surface area (Å²) in [4.78, 5) is 0. The Morgan fingerprint density at radius 1 is 1.27 bits per heavy atom. The van der Waals surface area contributed by atoms with Gasteiger partial charge in [0, 0.05) is 11.8 Å². The largest absolute Gasteiger partial charge is 0.461 e. The van der Waals surface area contributed by atoms with Crippen molar-refractivity contribution in [2.75, 3.05) is 0 Å². The van der Waals surface area contributed by atoms with E-state index in [2.05, 4.69) is 6.07 Å². The normalized spacial score (nSPS) is 12.3. The maximum absolute atomic E-state index is 9.69. The Labute approximate surface area is 89.5 Å². The van der Waals surface area contributed by atoms with E-state index in [0.29, 0.717) is 6.42 Å². The second kappa shape index (κ2) is 3.38. The number of rotatable bonds is 2. The van der Waals surface area contributed by atoms with E-state index in [1.807, 2.05) is 25.1 Å². The average Bonchev–Trinajstić information content (AvgIpc) is 2.42. The number of hydrogen-bond acceptors (Lipinski definition) is 2. The standard InChI is InChI=1S/C13H16O2/c1-9-4-5-10-7-11(8-13(2,3)14)15-12(10)6-9/h4-7,14H,8H2,1-3H3. The Hall–Kier alpha value is -1.28. The van der Waals surface area contributed by atoms with Crippen molar-refractivity contribution >= 4 is 11.0 Å². The second-order valence-corrected chi connectivity index (χ2v) is 4.74. The molecule has 0 radical (unpaired) electrons. The van der Waals surface area contributed by atoms with Crippen LogP contribution in [0.5, 0.6) is 0 Å². The highest BCUT2D eigenvalue weighted by Crippen LogP contribution is 2.23. The van der Waals surface area contributed by atoms with Crippen LogP contribution in [-0.2, 0) is 6.42 Å². The third-order valence-electron chi connectivity index (χ3n) is 2.33. The molecule has 0 aliphatic heterocycles. The van der Waals surface area contributed by atoms with Crippen LogP contribution in [0.25, 0.3) is 11.0 Å². The highest BCUT2D eigenvalue weighted by molar-refractivity contribution is 5.78. The molecule has 1 heterocycles. The van der Waals surface area contributed by atoms with Crippen molar-refractivity contribution in [3.63, 3.8) is 0 Å². The van der Waals surface area contributed by atoms with E-state index in [0.717, 1.165) is 16.7 Å². The van der Waals surface area contributed by atoms with Gasteiger partial charge in [-0.05, 0) is 38.5 Å². The van der Waals surface area contributed by atoms with Crippen LogP contribution in [0, 0.1) is 6.92 Å². The Morgan fingerprint density at radius 3 is 2.67 bits per heavy atom. The molecule has 0 amide bonds. The van der Waals surface area contributed by atoms with Crippen molar-refractivity contribution in [3.8, 4) is 0 Å². The van der Waals surface area contributed by atoms with Gasteiger partial charge in [0.25, 0.3) is 0 Å². The van der Waals surface area contributed by atoms with Gasteiger partial charge >= 0.3 is 0 Å². The molecule has 0 fully saturated rings. The van der Waals surface area contributed by atoms with Gasteiger partial charge in [-0.25, -0.2) is 0 Å². The molecule has 2 rings (SSSR count). The molecule has 1 N–H and O–H groups in total. The van der Waals surface area contributed by atoms with Gasteiger partial charge in [-0.15, -0.1) is 0 Å². The number of fused-ring (bicyclic) bond motifs is 1. The molecule has 0 aliphatic rings. The summed E-state index contributed by atoms with van der Waals surface area (Å²) in [7, 11) is 0. The van der Waals surface area contributed by atoms with Crippen LogP contribution >= 0.6 is 0 Å². The lowest BCUT2D eigenvalue weighted by molar-refractivity contribution is 0.0757. The third-order valence-corrected chi connectivity index (χ3v) is 2.33. The molecule has 2 nitrogen and oxygen atoms in total. The van der Waals surface area contributed by atoms with E-state index in [1.165, 1.54) is 5.56 Å². The Bertz CT molecular complexity index is 475. The first-order valence-corrected chi connectivity index (χ1v) is 5.15. The maximum Gasteiger partial charge on any atom is 0.134 e. The lowest BCUT2D eigenvalue weighted by Crippen LogP contribution is -2.21. The second-order valence-electron chi connectivity index (χ2n) is 4.74. The summed E-state index contributed by atoms with van der Waals surface area (Å²) < 4.78 is 5.66. The molecule has 0 spiro atoms. The van der Waals surface area contributed by atoms with Gasteiger partial charge in [0.1, 0.15) is 11.3 Å². The van der Waals surface area contributed by atoms with Gasteiger partial charge in [0.2, 0.25) is 0 Å². The highest BCUT2D eigenvalue weighted by Gasteiger charge is 2.16. The topological polar surface area (TPSA) is 33.4 Å². The van der Waals surface area contributed by atoms with Gasteiger partial charge in [-0.2, -0.15) is 0 Å². The molecule has 80 valence electrons. The van der Waals surface area contributed by atoms with E-state index < -0.39 is 5.60 Å².